The number of non-ortho nitro benzene ring substituents is 1. The molecule has 0 bridgehead atoms. The maximum atomic E-state index is 13.4. The molecule has 0 saturated heterocycles. The number of para-hydroxylation sites is 1. The normalized spacial score (nSPS) is 11.9. The molecule has 4 rings (SSSR count). The Labute approximate surface area is 244 Å². The molecule has 214 valence electrons. The smallest absolute Gasteiger partial charge is 0.277 e. The number of unbranched alkanes of at least 4 members (excludes halogenated alkanes) is 1. The zero-order valence-corrected chi connectivity index (χ0v) is 24.5. The van der Waals surface area contributed by atoms with Crippen LogP contribution in [0.3, 0.4) is 0 Å². The molecule has 1 heterocycles. The van der Waals surface area contributed by atoms with Crippen molar-refractivity contribution in [2.45, 2.75) is 40.8 Å². The Hall–Kier alpha value is -3.92. The van der Waals surface area contributed by atoms with Gasteiger partial charge < -0.3 is 0 Å². The van der Waals surface area contributed by atoms with Crippen molar-refractivity contribution in [3.63, 3.8) is 0 Å². The van der Waals surface area contributed by atoms with E-state index in [9.17, 15) is 28.6 Å². The number of rotatable bonds is 13. The van der Waals surface area contributed by atoms with Gasteiger partial charge in [0.1, 0.15) is 4.90 Å². The highest BCUT2D eigenvalue weighted by atomic mass is 32.2. The highest BCUT2D eigenvalue weighted by molar-refractivity contribution is 8.01. The van der Waals surface area contributed by atoms with Crippen molar-refractivity contribution in [3.8, 4) is 0 Å². The summed E-state index contributed by atoms with van der Waals surface area (Å²) in [5.74, 6) is 0. The average molecular weight is 615 g/mol. The maximum Gasteiger partial charge on any atom is 0.283 e. The van der Waals surface area contributed by atoms with E-state index in [1.54, 1.807) is 19.1 Å². The summed E-state index contributed by atoms with van der Waals surface area (Å²) in [6, 6.07) is 15.7. The van der Waals surface area contributed by atoms with Crippen LogP contribution in [0, 0.1) is 20.2 Å². The number of hydrogen-bond acceptors (Lipinski definition) is 11. The second-order valence-electron chi connectivity index (χ2n) is 8.69. The molecule has 0 aliphatic rings. The van der Waals surface area contributed by atoms with E-state index >= 15 is 0 Å². The predicted molar refractivity (Wildman–Crippen MR) is 160 cm³/mol. The third kappa shape index (κ3) is 7.05. The molecule has 15 heteroatoms. The van der Waals surface area contributed by atoms with Crippen LogP contribution < -0.4 is 5.43 Å². The van der Waals surface area contributed by atoms with Gasteiger partial charge >= 0.3 is 0 Å². The molecule has 4 aromatic rings. The monoisotopic (exact) mass is 614 g/mol. The molecule has 0 radical (unpaired) electrons. The largest absolute Gasteiger partial charge is 0.283 e. The van der Waals surface area contributed by atoms with Crippen LogP contribution in [0.1, 0.15) is 32.3 Å². The molecule has 0 aliphatic carbocycles. The van der Waals surface area contributed by atoms with Crippen LogP contribution in [0.15, 0.2) is 79.9 Å². The van der Waals surface area contributed by atoms with Gasteiger partial charge in [0, 0.05) is 36.9 Å². The minimum atomic E-state index is -4.07. The Morgan fingerprint density at radius 2 is 1.85 bits per heavy atom. The fourth-order valence-electron chi connectivity index (χ4n) is 3.86. The van der Waals surface area contributed by atoms with Gasteiger partial charge in [-0.05, 0) is 30.7 Å². The lowest BCUT2D eigenvalue weighted by Gasteiger charge is -2.21. The minimum absolute atomic E-state index is 0.0410. The SMILES string of the molecule is CCCCN(CC)S(=O)(=O)c1cc([N+](=O)[O-])ccc1N/N=C\c1ccc(Sc2nc3ccccc3s2)c([N+](=O)[O-])c1. The summed E-state index contributed by atoms with van der Waals surface area (Å²) < 4.78 is 29.7. The molecule has 0 amide bonds. The number of hydrogen-bond donors (Lipinski definition) is 1. The second-order valence-corrected chi connectivity index (χ2v) is 12.9. The van der Waals surface area contributed by atoms with Crippen LogP contribution in [-0.4, -0.2) is 46.9 Å². The number of nitrogens with zero attached hydrogens (tertiary/aromatic N) is 5. The molecule has 0 aliphatic heterocycles. The topological polar surface area (TPSA) is 161 Å². The van der Waals surface area contributed by atoms with Gasteiger partial charge in [0.25, 0.3) is 11.4 Å². The number of anilines is 1. The minimum Gasteiger partial charge on any atom is -0.277 e. The van der Waals surface area contributed by atoms with Crippen molar-refractivity contribution in [1.29, 1.82) is 0 Å². The highest BCUT2D eigenvalue weighted by Crippen LogP contribution is 2.39. The Morgan fingerprint density at radius 1 is 1.07 bits per heavy atom. The number of sulfonamides is 1. The molecule has 12 nitrogen and oxygen atoms in total. The molecule has 0 saturated carbocycles. The molecular weight excluding hydrogens is 589 g/mol. The Balaban J connectivity index is 1.60. The van der Waals surface area contributed by atoms with E-state index < -0.39 is 19.9 Å². The third-order valence-electron chi connectivity index (χ3n) is 5.96. The molecular formula is C26H26N6O6S3. The Bertz CT molecular complexity index is 1690. The fourth-order valence-corrected chi connectivity index (χ4v) is 7.62. The number of thiazole rings is 1. The molecule has 1 N–H and O–H groups in total. The number of aromatic nitrogens is 1. The van der Waals surface area contributed by atoms with Crippen molar-refractivity contribution in [3.05, 3.63) is 86.5 Å². The van der Waals surface area contributed by atoms with E-state index in [1.807, 2.05) is 31.2 Å². The van der Waals surface area contributed by atoms with Crippen LogP contribution in [0.5, 0.6) is 0 Å². The number of nitrogens with one attached hydrogen (secondary N) is 1. The zero-order valence-electron chi connectivity index (χ0n) is 22.1. The van der Waals surface area contributed by atoms with Crippen molar-refractivity contribution >= 4 is 66.6 Å². The van der Waals surface area contributed by atoms with Crippen LogP contribution in [0.2, 0.25) is 0 Å². The molecule has 41 heavy (non-hydrogen) atoms. The number of fused-ring (bicyclic) bond motifs is 1. The molecule has 0 spiro atoms. The Morgan fingerprint density at radius 3 is 2.54 bits per heavy atom. The molecule has 0 fully saturated rings. The fraction of sp³-hybridized carbons (Fsp3) is 0.231. The van der Waals surface area contributed by atoms with Crippen LogP contribution in [0.4, 0.5) is 17.1 Å². The zero-order chi connectivity index (χ0) is 29.6. The van der Waals surface area contributed by atoms with Gasteiger partial charge in [-0.3, -0.25) is 25.7 Å². The van der Waals surface area contributed by atoms with Gasteiger partial charge in [0.05, 0.1) is 36.9 Å². The first-order chi connectivity index (χ1) is 19.6. The van der Waals surface area contributed by atoms with Crippen LogP contribution >= 0.6 is 23.1 Å². The second kappa shape index (κ2) is 13.2. The van der Waals surface area contributed by atoms with Gasteiger partial charge in [0.2, 0.25) is 10.0 Å². The molecule has 1 aromatic heterocycles. The highest BCUT2D eigenvalue weighted by Gasteiger charge is 2.28. The summed E-state index contributed by atoms with van der Waals surface area (Å²) in [4.78, 5) is 26.7. The number of nitro benzene ring substituents is 2. The molecule has 3 aromatic carbocycles. The van der Waals surface area contributed by atoms with Gasteiger partial charge in [-0.1, -0.05) is 50.2 Å². The molecule has 0 atom stereocenters. The first-order valence-electron chi connectivity index (χ1n) is 12.5. The van der Waals surface area contributed by atoms with E-state index in [0.717, 1.165) is 22.7 Å². The summed E-state index contributed by atoms with van der Waals surface area (Å²) in [6.45, 7) is 4.10. The molecule has 0 unspecified atom stereocenters. The van der Waals surface area contributed by atoms with E-state index in [2.05, 4.69) is 15.5 Å². The van der Waals surface area contributed by atoms with Crippen molar-refractivity contribution in [2.75, 3.05) is 18.5 Å². The van der Waals surface area contributed by atoms with E-state index in [4.69, 9.17) is 0 Å². The van der Waals surface area contributed by atoms with Gasteiger partial charge in [-0.2, -0.15) is 9.41 Å². The van der Waals surface area contributed by atoms with Crippen LogP contribution in [0.25, 0.3) is 10.2 Å². The lowest BCUT2D eigenvalue weighted by molar-refractivity contribution is -0.387. The van der Waals surface area contributed by atoms with E-state index in [-0.39, 0.29) is 35.0 Å². The number of benzene rings is 3. The van der Waals surface area contributed by atoms with E-state index in [0.29, 0.717) is 21.2 Å². The van der Waals surface area contributed by atoms with Crippen molar-refractivity contribution in [1.82, 2.24) is 9.29 Å². The number of nitro groups is 2. The number of hydrazone groups is 1. The summed E-state index contributed by atoms with van der Waals surface area (Å²) in [6.07, 6.45) is 2.72. The third-order valence-corrected chi connectivity index (χ3v) is 10.1. The summed E-state index contributed by atoms with van der Waals surface area (Å²) in [5, 5.41) is 27.3. The predicted octanol–water partition coefficient (Wildman–Crippen LogP) is 6.52. The first-order valence-corrected chi connectivity index (χ1v) is 15.6. The van der Waals surface area contributed by atoms with Gasteiger partial charge in [-0.25, -0.2) is 13.4 Å². The maximum absolute atomic E-state index is 13.4. The summed E-state index contributed by atoms with van der Waals surface area (Å²) in [7, 11) is -4.07. The lowest BCUT2D eigenvalue weighted by Crippen LogP contribution is -2.32. The van der Waals surface area contributed by atoms with Crippen molar-refractivity contribution < 1.29 is 18.3 Å². The van der Waals surface area contributed by atoms with Gasteiger partial charge in [-0.15, -0.1) is 11.3 Å². The summed E-state index contributed by atoms with van der Waals surface area (Å²) >= 11 is 2.64. The average Bonchev–Trinajstić information content (AvgIpc) is 3.36. The quantitative estimate of drug-likeness (QED) is 0.100. The van der Waals surface area contributed by atoms with Gasteiger partial charge in [0.15, 0.2) is 4.34 Å². The lowest BCUT2D eigenvalue weighted by atomic mass is 10.2. The van der Waals surface area contributed by atoms with Crippen molar-refractivity contribution in [2.24, 2.45) is 5.10 Å². The Kier molecular flexibility index (Phi) is 9.65. The summed E-state index contributed by atoms with van der Waals surface area (Å²) in [5.41, 5.74) is 3.39. The standard InChI is InChI=1S/C26H26N6O6S3/c1-3-5-14-30(4-2)41(37,38)25-16-19(31(33)34)11-12-21(25)29-27-17-18-10-13-24(22(15-18)32(35)36)40-26-28-20-8-6-7-9-23(20)39-26/h6-13,15-17,29H,3-5,14H2,1-2H3/b27-17-. The van der Waals surface area contributed by atoms with E-state index in [1.165, 1.54) is 51.8 Å². The first kappa shape index (κ1) is 30.0. The van der Waals surface area contributed by atoms with Crippen LogP contribution in [-0.2, 0) is 10.0 Å².